The van der Waals surface area contributed by atoms with E-state index in [2.05, 4.69) is 0 Å². The molecule has 1 aliphatic rings. The normalized spacial score (nSPS) is 13.9. The Bertz CT molecular complexity index is 429. The Balaban J connectivity index is 2.16. The van der Waals surface area contributed by atoms with Crippen LogP contribution in [-0.2, 0) is 17.6 Å². The molecule has 1 N–H and O–H groups in total. The zero-order chi connectivity index (χ0) is 12.3. The monoisotopic (exact) mass is 238 g/mol. The van der Waals surface area contributed by atoms with Crippen molar-refractivity contribution < 1.29 is 19.0 Å². The van der Waals surface area contributed by atoms with Gasteiger partial charge < -0.3 is 9.84 Å². The summed E-state index contributed by atoms with van der Waals surface area (Å²) in [4.78, 5) is 10.4. The van der Waals surface area contributed by atoms with Gasteiger partial charge in [0.1, 0.15) is 11.6 Å². The minimum absolute atomic E-state index is 0.0586. The number of carbonyl (C=O) groups is 1. The van der Waals surface area contributed by atoms with Crippen molar-refractivity contribution in [3.05, 3.63) is 29.1 Å². The van der Waals surface area contributed by atoms with Gasteiger partial charge in [-0.25, -0.2) is 4.39 Å². The van der Waals surface area contributed by atoms with Gasteiger partial charge in [-0.15, -0.1) is 0 Å². The number of rotatable bonds is 4. The summed E-state index contributed by atoms with van der Waals surface area (Å²) >= 11 is 0. The van der Waals surface area contributed by atoms with Crippen LogP contribution in [0.15, 0.2) is 12.1 Å². The largest absolute Gasteiger partial charge is 0.493 e. The molecular weight excluding hydrogens is 223 g/mol. The summed E-state index contributed by atoms with van der Waals surface area (Å²) in [6, 6.07) is 3.20. The van der Waals surface area contributed by atoms with E-state index in [0.29, 0.717) is 30.8 Å². The number of hydrogen-bond donors (Lipinski definition) is 1. The van der Waals surface area contributed by atoms with E-state index in [1.807, 2.05) is 0 Å². The van der Waals surface area contributed by atoms with Crippen LogP contribution in [0.3, 0.4) is 0 Å². The Labute approximate surface area is 99.2 Å². The Hall–Kier alpha value is -1.58. The summed E-state index contributed by atoms with van der Waals surface area (Å²) in [6.07, 6.45) is 2.77. The van der Waals surface area contributed by atoms with E-state index in [-0.39, 0.29) is 12.2 Å². The van der Waals surface area contributed by atoms with E-state index in [1.165, 1.54) is 6.07 Å². The Kier molecular flexibility index (Phi) is 3.61. The second-order valence-electron chi connectivity index (χ2n) is 4.21. The summed E-state index contributed by atoms with van der Waals surface area (Å²) in [5, 5.41) is 8.57. The lowest BCUT2D eigenvalue weighted by Gasteiger charge is -2.20. The molecular formula is C13H15FO3. The highest BCUT2D eigenvalue weighted by atomic mass is 19.1. The number of fused-ring (bicyclic) bond motifs is 1. The number of aryl methyl sites for hydroxylation is 1. The number of aliphatic carboxylic acids is 1. The molecule has 1 aromatic rings. The number of carboxylic acids is 1. The van der Waals surface area contributed by atoms with Crippen molar-refractivity contribution in [3.8, 4) is 5.75 Å². The van der Waals surface area contributed by atoms with E-state index >= 15 is 0 Å². The summed E-state index contributed by atoms with van der Waals surface area (Å²) in [5.74, 6) is -0.506. The van der Waals surface area contributed by atoms with Gasteiger partial charge in [0.2, 0.25) is 0 Å². The van der Waals surface area contributed by atoms with Gasteiger partial charge >= 0.3 is 5.97 Å². The minimum Gasteiger partial charge on any atom is -0.493 e. The molecule has 0 spiro atoms. The van der Waals surface area contributed by atoms with E-state index in [9.17, 15) is 9.18 Å². The number of ether oxygens (including phenoxy) is 1. The van der Waals surface area contributed by atoms with Crippen LogP contribution < -0.4 is 4.74 Å². The lowest BCUT2D eigenvalue weighted by molar-refractivity contribution is -0.137. The molecule has 4 heteroatoms. The van der Waals surface area contributed by atoms with E-state index in [0.717, 1.165) is 18.4 Å². The zero-order valence-electron chi connectivity index (χ0n) is 9.54. The van der Waals surface area contributed by atoms with Gasteiger partial charge in [-0.3, -0.25) is 4.79 Å². The third-order valence-electron chi connectivity index (χ3n) is 2.94. The molecule has 1 heterocycles. The Morgan fingerprint density at radius 3 is 3.06 bits per heavy atom. The number of carboxylic acid groups (broad SMARTS) is 1. The smallest absolute Gasteiger partial charge is 0.303 e. The fourth-order valence-corrected chi connectivity index (χ4v) is 2.12. The topological polar surface area (TPSA) is 46.5 Å². The lowest BCUT2D eigenvalue weighted by Crippen LogP contribution is -2.12. The quantitative estimate of drug-likeness (QED) is 0.876. The second-order valence-corrected chi connectivity index (χ2v) is 4.21. The zero-order valence-corrected chi connectivity index (χ0v) is 9.54. The van der Waals surface area contributed by atoms with Crippen molar-refractivity contribution in [2.45, 2.75) is 32.1 Å². The fourth-order valence-electron chi connectivity index (χ4n) is 2.12. The van der Waals surface area contributed by atoms with Gasteiger partial charge in [-0.2, -0.15) is 0 Å². The number of benzene rings is 1. The third-order valence-corrected chi connectivity index (χ3v) is 2.94. The maximum atomic E-state index is 13.7. The molecule has 92 valence electrons. The van der Waals surface area contributed by atoms with Crippen LogP contribution in [0.25, 0.3) is 0 Å². The predicted octanol–water partition coefficient (Wildman–Crippen LogP) is 2.56. The SMILES string of the molecule is O=C(O)CCCc1c(F)ccc2c1OCCC2. The average Bonchev–Trinajstić information content (AvgIpc) is 2.32. The van der Waals surface area contributed by atoms with Crippen LogP contribution in [0.1, 0.15) is 30.4 Å². The van der Waals surface area contributed by atoms with E-state index < -0.39 is 5.97 Å². The van der Waals surface area contributed by atoms with Crippen molar-refractivity contribution in [2.24, 2.45) is 0 Å². The fraction of sp³-hybridized carbons (Fsp3) is 0.462. The number of hydrogen-bond acceptors (Lipinski definition) is 2. The van der Waals surface area contributed by atoms with E-state index in [4.69, 9.17) is 9.84 Å². The molecule has 1 aliphatic heterocycles. The molecule has 0 saturated heterocycles. The molecule has 1 aromatic carbocycles. The average molecular weight is 238 g/mol. The first-order valence-corrected chi connectivity index (χ1v) is 5.83. The van der Waals surface area contributed by atoms with Gasteiger partial charge in [-0.1, -0.05) is 6.07 Å². The molecule has 0 bridgehead atoms. The van der Waals surface area contributed by atoms with Gasteiger partial charge in [0, 0.05) is 12.0 Å². The molecule has 0 radical (unpaired) electrons. The van der Waals surface area contributed by atoms with Crippen LogP contribution >= 0.6 is 0 Å². The molecule has 0 fully saturated rings. The molecule has 0 aliphatic carbocycles. The molecule has 2 rings (SSSR count). The van der Waals surface area contributed by atoms with Gasteiger partial charge in [-0.05, 0) is 37.3 Å². The summed E-state index contributed by atoms with van der Waals surface area (Å²) in [5.41, 5.74) is 1.56. The highest BCUT2D eigenvalue weighted by Crippen LogP contribution is 2.31. The molecule has 0 unspecified atom stereocenters. The van der Waals surface area contributed by atoms with Crippen LogP contribution in [-0.4, -0.2) is 17.7 Å². The highest BCUT2D eigenvalue weighted by Gasteiger charge is 2.18. The summed E-state index contributed by atoms with van der Waals surface area (Å²) in [7, 11) is 0. The first-order chi connectivity index (χ1) is 8.18. The Morgan fingerprint density at radius 2 is 2.29 bits per heavy atom. The van der Waals surface area contributed by atoms with Gasteiger partial charge in [0.05, 0.1) is 6.61 Å². The van der Waals surface area contributed by atoms with Crippen molar-refractivity contribution in [2.75, 3.05) is 6.61 Å². The van der Waals surface area contributed by atoms with Crippen LogP contribution in [0.5, 0.6) is 5.75 Å². The number of halogens is 1. The predicted molar refractivity (Wildman–Crippen MR) is 60.8 cm³/mol. The van der Waals surface area contributed by atoms with Gasteiger partial charge in [0.25, 0.3) is 0 Å². The van der Waals surface area contributed by atoms with Crippen LogP contribution in [0, 0.1) is 5.82 Å². The van der Waals surface area contributed by atoms with Crippen molar-refractivity contribution in [1.82, 2.24) is 0 Å². The Morgan fingerprint density at radius 1 is 1.47 bits per heavy atom. The first kappa shape index (κ1) is 11.9. The second kappa shape index (κ2) is 5.17. The van der Waals surface area contributed by atoms with Crippen molar-refractivity contribution in [3.63, 3.8) is 0 Å². The molecule has 0 atom stereocenters. The lowest BCUT2D eigenvalue weighted by atomic mass is 9.98. The minimum atomic E-state index is -0.851. The maximum Gasteiger partial charge on any atom is 0.303 e. The molecule has 0 saturated carbocycles. The molecule has 3 nitrogen and oxygen atoms in total. The van der Waals surface area contributed by atoms with Gasteiger partial charge in [0.15, 0.2) is 0 Å². The maximum absolute atomic E-state index is 13.7. The molecule has 17 heavy (non-hydrogen) atoms. The third kappa shape index (κ3) is 2.75. The van der Waals surface area contributed by atoms with Crippen LogP contribution in [0.2, 0.25) is 0 Å². The van der Waals surface area contributed by atoms with Crippen molar-refractivity contribution >= 4 is 5.97 Å². The van der Waals surface area contributed by atoms with Crippen molar-refractivity contribution in [1.29, 1.82) is 0 Å². The summed E-state index contributed by atoms with van der Waals surface area (Å²) in [6.45, 7) is 0.613. The molecule has 0 amide bonds. The van der Waals surface area contributed by atoms with E-state index in [1.54, 1.807) is 6.07 Å². The van der Waals surface area contributed by atoms with Crippen LogP contribution in [0.4, 0.5) is 4.39 Å². The summed E-state index contributed by atoms with van der Waals surface area (Å²) < 4.78 is 19.2. The first-order valence-electron chi connectivity index (χ1n) is 5.83. The standard InChI is InChI=1S/C13H15FO3/c14-11-7-6-9-3-2-8-17-13(9)10(11)4-1-5-12(15)16/h6-7H,1-5,8H2,(H,15,16). The highest BCUT2D eigenvalue weighted by molar-refractivity contribution is 5.66. The molecule has 0 aromatic heterocycles.